The molecule has 5 heteroatoms. The Morgan fingerprint density at radius 1 is 1.08 bits per heavy atom. The van der Waals surface area contributed by atoms with E-state index in [0.717, 1.165) is 29.5 Å². The van der Waals surface area contributed by atoms with Gasteiger partial charge in [-0.2, -0.15) is 0 Å². The van der Waals surface area contributed by atoms with Gasteiger partial charge in [-0.1, -0.05) is 55.9 Å². The van der Waals surface area contributed by atoms with Crippen LogP contribution in [0.2, 0.25) is 0 Å². The van der Waals surface area contributed by atoms with Crippen molar-refractivity contribution >= 4 is 16.9 Å². The van der Waals surface area contributed by atoms with Crippen LogP contribution in [0.1, 0.15) is 30.9 Å². The van der Waals surface area contributed by atoms with Crippen molar-refractivity contribution in [2.45, 2.75) is 19.8 Å². The minimum Gasteiger partial charge on any atom is -0.323 e. The zero-order valence-electron chi connectivity index (χ0n) is 14.7. The normalized spacial score (nSPS) is 19.6. The molecule has 2 aromatic carbocycles. The zero-order valence-corrected chi connectivity index (χ0v) is 15.6. The van der Waals surface area contributed by atoms with Gasteiger partial charge in [-0.25, -0.2) is 8.78 Å². The van der Waals surface area contributed by atoms with Crippen molar-refractivity contribution in [2.75, 3.05) is 13.1 Å². The molecular formula is C21H20F2N2S. The lowest BCUT2D eigenvalue weighted by atomic mass is 9.86. The highest BCUT2D eigenvalue weighted by molar-refractivity contribution is 8.16. The molecule has 0 radical (unpaired) electrons. The van der Waals surface area contributed by atoms with Crippen LogP contribution in [0.3, 0.4) is 0 Å². The lowest BCUT2D eigenvalue weighted by Crippen LogP contribution is -2.42. The standard InChI is InChI=1S/C21H20F2N2S/c1-21(2)12-24-20-25(13-21)18(11-26-20)19(14-7-9-15(22)10-8-14)16-5-3-4-6-17(16)23/h3-11,19H,12-13H2,1-2H3. The maximum Gasteiger partial charge on any atom is 0.167 e. The van der Waals surface area contributed by atoms with E-state index in [9.17, 15) is 8.78 Å². The van der Waals surface area contributed by atoms with Gasteiger partial charge in [0.15, 0.2) is 5.17 Å². The molecule has 1 unspecified atom stereocenters. The fraction of sp³-hybridized carbons (Fsp3) is 0.286. The summed E-state index contributed by atoms with van der Waals surface area (Å²) < 4.78 is 28.1. The second kappa shape index (κ2) is 6.54. The number of halogens is 2. The molecule has 0 N–H and O–H groups in total. The maximum absolute atomic E-state index is 14.7. The van der Waals surface area contributed by atoms with E-state index in [2.05, 4.69) is 24.2 Å². The summed E-state index contributed by atoms with van der Waals surface area (Å²) in [5.41, 5.74) is 2.51. The van der Waals surface area contributed by atoms with E-state index in [0.29, 0.717) is 5.56 Å². The van der Waals surface area contributed by atoms with Crippen molar-refractivity contribution in [3.8, 4) is 0 Å². The van der Waals surface area contributed by atoms with E-state index in [1.165, 1.54) is 18.2 Å². The molecule has 2 aliphatic rings. The minimum absolute atomic E-state index is 0.0517. The SMILES string of the molecule is CC1(C)CN=C2SC=C(C(c3ccc(F)cc3)c3ccccc3F)N2C1. The Morgan fingerprint density at radius 3 is 2.54 bits per heavy atom. The largest absolute Gasteiger partial charge is 0.323 e. The number of thioether (sulfide) groups is 1. The smallest absolute Gasteiger partial charge is 0.167 e. The van der Waals surface area contributed by atoms with Gasteiger partial charge < -0.3 is 4.90 Å². The van der Waals surface area contributed by atoms with E-state index in [1.54, 1.807) is 36.0 Å². The first kappa shape index (κ1) is 17.3. The molecule has 1 atom stereocenters. The van der Waals surface area contributed by atoms with Crippen LogP contribution in [-0.4, -0.2) is 23.2 Å². The molecule has 2 nitrogen and oxygen atoms in total. The average Bonchev–Trinajstić information content (AvgIpc) is 3.00. The number of rotatable bonds is 3. The molecule has 0 bridgehead atoms. The molecule has 0 fully saturated rings. The minimum atomic E-state index is -0.300. The quantitative estimate of drug-likeness (QED) is 0.721. The second-order valence-electron chi connectivity index (χ2n) is 7.52. The van der Waals surface area contributed by atoms with Gasteiger partial charge in [0.2, 0.25) is 0 Å². The summed E-state index contributed by atoms with van der Waals surface area (Å²) in [5, 5.41) is 3.02. The first-order valence-electron chi connectivity index (χ1n) is 8.63. The Balaban J connectivity index is 1.82. The van der Waals surface area contributed by atoms with Crippen LogP contribution in [-0.2, 0) is 0 Å². The van der Waals surface area contributed by atoms with Gasteiger partial charge in [-0.3, -0.25) is 4.99 Å². The molecule has 26 heavy (non-hydrogen) atoms. The highest BCUT2D eigenvalue weighted by atomic mass is 32.2. The molecule has 0 amide bonds. The van der Waals surface area contributed by atoms with Crippen LogP contribution in [0.25, 0.3) is 0 Å². The van der Waals surface area contributed by atoms with Crippen molar-refractivity contribution in [3.63, 3.8) is 0 Å². The van der Waals surface area contributed by atoms with Crippen molar-refractivity contribution in [1.29, 1.82) is 0 Å². The van der Waals surface area contributed by atoms with Crippen LogP contribution in [0.5, 0.6) is 0 Å². The van der Waals surface area contributed by atoms with Gasteiger partial charge in [-0.05, 0) is 29.2 Å². The average molecular weight is 370 g/mol. The Kier molecular flexibility index (Phi) is 4.35. The number of hydrogen-bond donors (Lipinski definition) is 0. The summed E-state index contributed by atoms with van der Waals surface area (Å²) in [6, 6.07) is 13.1. The van der Waals surface area contributed by atoms with Crippen LogP contribution in [0.15, 0.2) is 64.6 Å². The van der Waals surface area contributed by atoms with Crippen molar-refractivity contribution in [1.82, 2.24) is 4.90 Å². The highest BCUT2D eigenvalue weighted by Crippen LogP contribution is 2.43. The van der Waals surface area contributed by atoms with E-state index in [4.69, 9.17) is 4.99 Å². The fourth-order valence-electron chi connectivity index (χ4n) is 3.49. The third-order valence-corrected chi connectivity index (χ3v) is 5.69. The monoisotopic (exact) mass is 370 g/mol. The van der Waals surface area contributed by atoms with Crippen LogP contribution in [0, 0.1) is 17.0 Å². The predicted molar refractivity (Wildman–Crippen MR) is 103 cm³/mol. The predicted octanol–water partition coefficient (Wildman–Crippen LogP) is 5.38. The molecule has 0 saturated carbocycles. The van der Waals surface area contributed by atoms with E-state index < -0.39 is 0 Å². The van der Waals surface area contributed by atoms with E-state index in [1.807, 2.05) is 6.07 Å². The summed E-state index contributed by atoms with van der Waals surface area (Å²) >= 11 is 1.58. The van der Waals surface area contributed by atoms with Crippen LogP contribution in [0.4, 0.5) is 8.78 Å². The number of allylic oxidation sites excluding steroid dienone is 1. The van der Waals surface area contributed by atoms with Gasteiger partial charge in [0.1, 0.15) is 11.6 Å². The molecule has 0 aliphatic carbocycles. The summed E-state index contributed by atoms with van der Waals surface area (Å²) in [5.74, 6) is -0.850. The first-order valence-corrected chi connectivity index (χ1v) is 9.51. The van der Waals surface area contributed by atoms with Gasteiger partial charge in [0.05, 0.1) is 5.92 Å². The van der Waals surface area contributed by atoms with Gasteiger partial charge in [0.25, 0.3) is 0 Å². The molecule has 2 aliphatic heterocycles. The lowest BCUT2D eigenvalue weighted by Gasteiger charge is -2.38. The summed E-state index contributed by atoms with van der Waals surface area (Å²) in [6.45, 7) is 5.98. The molecule has 2 heterocycles. The Hall–Kier alpha value is -2.14. The van der Waals surface area contributed by atoms with E-state index in [-0.39, 0.29) is 23.0 Å². The summed E-state index contributed by atoms with van der Waals surface area (Å²) in [4.78, 5) is 6.89. The fourth-order valence-corrected chi connectivity index (χ4v) is 4.42. The van der Waals surface area contributed by atoms with Gasteiger partial charge in [-0.15, -0.1) is 0 Å². The lowest BCUT2D eigenvalue weighted by molar-refractivity contribution is 0.271. The number of amidine groups is 1. The molecule has 0 saturated heterocycles. The van der Waals surface area contributed by atoms with Gasteiger partial charge in [0, 0.05) is 29.8 Å². The number of benzene rings is 2. The summed E-state index contributed by atoms with van der Waals surface area (Å²) in [7, 11) is 0. The third kappa shape index (κ3) is 3.16. The molecule has 0 spiro atoms. The molecular weight excluding hydrogens is 350 g/mol. The maximum atomic E-state index is 14.7. The van der Waals surface area contributed by atoms with E-state index >= 15 is 0 Å². The van der Waals surface area contributed by atoms with Crippen molar-refractivity contribution in [2.24, 2.45) is 10.4 Å². The number of nitrogens with zero attached hydrogens (tertiary/aromatic N) is 2. The summed E-state index contributed by atoms with van der Waals surface area (Å²) in [6.07, 6.45) is 0. The highest BCUT2D eigenvalue weighted by Gasteiger charge is 2.37. The molecule has 134 valence electrons. The number of fused-ring (bicyclic) bond motifs is 1. The Morgan fingerprint density at radius 2 is 1.81 bits per heavy atom. The topological polar surface area (TPSA) is 15.6 Å². The number of aliphatic imine (C=N–C) groups is 1. The Bertz CT molecular complexity index is 887. The van der Waals surface area contributed by atoms with Crippen LogP contribution < -0.4 is 0 Å². The number of hydrogen-bond acceptors (Lipinski definition) is 3. The molecule has 0 aromatic heterocycles. The third-order valence-electron chi connectivity index (χ3n) is 4.77. The molecule has 4 rings (SSSR count). The van der Waals surface area contributed by atoms with Crippen molar-refractivity contribution < 1.29 is 8.78 Å². The molecule has 2 aromatic rings. The first-order chi connectivity index (χ1) is 12.4. The zero-order chi connectivity index (χ0) is 18.3. The van der Waals surface area contributed by atoms with Crippen molar-refractivity contribution in [3.05, 3.63) is 82.4 Å². The second-order valence-corrected chi connectivity index (χ2v) is 8.35. The van der Waals surface area contributed by atoms with Gasteiger partial charge >= 0.3 is 0 Å². The van der Waals surface area contributed by atoms with Crippen LogP contribution >= 0.6 is 11.8 Å². The Labute approximate surface area is 156 Å².